The maximum Gasteiger partial charge on any atom is 0.271 e. The first kappa shape index (κ1) is 14.5. The second-order valence-electron chi connectivity index (χ2n) is 4.68. The normalized spacial score (nSPS) is 11.3. The average molecular weight is 307 g/mol. The predicted octanol–water partition coefficient (Wildman–Crippen LogP) is 1.21. The summed E-state index contributed by atoms with van der Waals surface area (Å²) in [7, 11) is 0. The molecule has 0 aliphatic rings. The third-order valence-electron chi connectivity index (χ3n) is 3.15. The summed E-state index contributed by atoms with van der Waals surface area (Å²) >= 11 is 0. The molecule has 8 heteroatoms. The number of aromatic nitrogens is 5. The molecule has 0 atom stereocenters. The van der Waals surface area contributed by atoms with Crippen LogP contribution in [-0.4, -0.2) is 36.8 Å². The van der Waals surface area contributed by atoms with Crippen LogP contribution in [0.15, 0.2) is 60.2 Å². The van der Waals surface area contributed by atoms with Crippen LogP contribution in [-0.2, 0) is 0 Å². The van der Waals surface area contributed by atoms with E-state index in [0.29, 0.717) is 11.3 Å². The van der Waals surface area contributed by atoms with Gasteiger partial charge in [0.25, 0.3) is 5.91 Å². The number of pyridine rings is 1. The third kappa shape index (κ3) is 3.43. The van der Waals surface area contributed by atoms with Crippen molar-refractivity contribution in [3.63, 3.8) is 0 Å². The fourth-order valence-corrected chi connectivity index (χ4v) is 1.92. The van der Waals surface area contributed by atoms with Gasteiger partial charge in [-0.2, -0.15) is 5.10 Å². The van der Waals surface area contributed by atoms with Crippen molar-refractivity contribution in [3.8, 4) is 5.69 Å². The molecule has 0 unspecified atom stereocenters. The number of tetrazole rings is 1. The van der Waals surface area contributed by atoms with E-state index in [2.05, 4.69) is 31.0 Å². The average Bonchev–Trinajstić information content (AvgIpc) is 3.15. The van der Waals surface area contributed by atoms with Gasteiger partial charge in [-0.1, -0.05) is 12.1 Å². The summed E-state index contributed by atoms with van der Waals surface area (Å²) in [6, 6.07) is 10.8. The molecule has 1 amide bonds. The maximum absolute atomic E-state index is 12.0. The molecule has 0 fully saturated rings. The van der Waals surface area contributed by atoms with Crippen molar-refractivity contribution in [1.29, 1.82) is 0 Å². The molecule has 1 N–H and O–H groups in total. The lowest BCUT2D eigenvalue weighted by atomic mass is 10.1. The Bertz CT molecular complexity index is 828. The zero-order valence-corrected chi connectivity index (χ0v) is 12.3. The van der Waals surface area contributed by atoms with Crippen LogP contribution in [0.5, 0.6) is 0 Å². The summed E-state index contributed by atoms with van der Waals surface area (Å²) in [5.74, 6) is -0.289. The van der Waals surface area contributed by atoms with Crippen molar-refractivity contribution < 1.29 is 4.79 Å². The van der Waals surface area contributed by atoms with E-state index >= 15 is 0 Å². The Balaban J connectivity index is 1.76. The lowest BCUT2D eigenvalue weighted by Crippen LogP contribution is -2.19. The van der Waals surface area contributed by atoms with Gasteiger partial charge in [-0.15, -0.1) is 5.10 Å². The minimum atomic E-state index is -0.289. The van der Waals surface area contributed by atoms with Crippen LogP contribution in [0.4, 0.5) is 0 Å². The lowest BCUT2D eigenvalue weighted by molar-refractivity contribution is 0.0954. The maximum atomic E-state index is 12.0. The number of benzene rings is 1. The van der Waals surface area contributed by atoms with Crippen molar-refractivity contribution in [2.45, 2.75) is 6.92 Å². The second kappa shape index (κ2) is 6.56. The smallest absolute Gasteiger partial charge is 0.267 e. The number of hydrogen-bond acceptors (Lipinski definition) is 6. The van der Waals surface area contributed by atoms with Crippen molar-refractivity contribution in [2.75, 3.05) is 0 Å². The molecule has 1 aromatic carbocycles. The molecule has 0 radical (unpaired) electrons. The Morgan fingerprint density at radius 2 is 2.00 bits per heavy atom. The highest BCUT2D eigenvalue weighted by Crippen LogP contribution is 2.09. The van der Waals surface area contributed by atoms with E-state index in [1.807, 2.05) is 31.2 Å². The molecule has 0 bridgehead atoms. The van der Waals surface area contributed by atoms with Crippen molar-refractivity contribution in [1.82, 2.24) is 30.6 Å². The second-order valence-corrected chi connectivity index (χ2v) is 4.68. The molecule has 23 heavy (non-hydrogen) atoms. The lowest BCUT2D eigenvalue weighted by Gasteiger charge is -2.05. The Labute approximate surface area is 131 Å². The number of carbonyl (C=O) groups is 1. The van der Waals surface area contributed by atoms with Crippen molar-refractivity contribution in [3.05, 3.63) is 66.2 Å². The Morgan fingerprint density at radius 3 is 2.74 bits per heavy atom. The fourth-order valence-electron chi connectivity index (χ4n) is 1.92. The van der Waals surface area contributed by atoms with Crippen LogP contribution in [0.3, 0.4) is 0 Å². The van der Waals surface area contributed by atoms with E-state index in [1.165, 1.54) is 6.33 Å². The number of rotatable bonds is 4. The van der Waals surface area contributed by atoms with Crippen molar-refractivity contribution in [2.24, 2.45) is 5.10 Å². The van der Waals surface area contributed by atoms with E-state index in [-0.39, 0.29) is 5.91 Å². The highest BCUT2D eigenvalue weighted by Gasteiger charge is 2.05. The summed E-state index contributed by atoms with van der Waals surface area (Å²) in [5, 5.41) is 15.2. The third-order valence-corrected chi connectivity index (χ3v) is 3.15. The summed E-state index contributed by atoms with van der Waals surface area (Å²) in [4.78, 5) is 15.8. The first-order chi connectivity index (χ1) is 11.2. The topological polar surface area (TPSA) is 98.0 Å². The van der Waals surface area contributed by atoms with Crippen LogP contribution in [0.25, 0.3) is 5.69 Å². The Morgan fingerprint density at radius 1 is 1.17 bits per heavy atom. The van der Waals surface area contributed by atoms with Crippen LogP contribution < -0.4 is 5.43 Å². The summed E-state index contributed by atoms with van der Waals surface area (Å²) in [5.41, 5.74) is 5.36. The van der Waals surface area contributed by atoms with Gasteiger partial charge in [-0.05, 0) is 47.2 Å². The number of amides is 1. The van der Waals surface area contributed by atoms with E-state index in [9.17, 15) is 4.79 Å². The Hall–Kier alpha value is -3.42. The molecule has 2 aromatic heterocycles. The summed E-state index contributed by atoms with van der Waals surface area (Å²) < 4.78 is 1.55. The zero-order chi connectivity index (χ0) is 16.1. The quantitative estimate of drug-likeness (QED) is 0.577. The SMILES string of the molecule is CC(=NNC(=O)c1ccncc1)c1cccc(-n2cnnn2)c1. The minimum Gasteiger partial charge on any atom is -0.267 e. The molecule has 2 heterocycles. The summed E-state index contributed by atoms with van der Waals surface area (Å²) in [6.07, 6.45) is 4.62. The zero-order valence-electron chi connectivity index (χ0n) is 12.3. The molecule has 3 rings (SSSR count). The van der Waals surface area contributed by atoms with Gasteiger partial charge < -0.3 is 0 Å². The first-order valence-corrected chi connectivity index (χ1v) is 6.82. The number of nitrogens with zero attached hydrogens (tertiary/aromatic N) is 6. The molecule has 0 aliphatic heterocycles. The van der Waals surface area contributed by atoms with Crippen LogP contribution in [0.2, 0.25) is 0 Å². The number of nitrogens with one attached hydrogen (secondary N) is 1. The van der Waals surface area contributed by atoms with Gasteiger partial charge in [0.2, 0.25) is 0 Å². The first-order valence-electron chi connectivity index (χ1n) is 6.82. The molecular formula is C15H13N7O. The van der Waals surface area contributed by atoms with Gasteiger partial charge in [0.1, 0.15) is 6.33 Å². The molecular weight excluding hydrogens is 294 g/mol. The van der Waals surface area contributed by atoms with E-state index < -0.39 is 0 Å². The van der Waals surface area contributed by atoms with E-state index in [0.717, 1.165) is 11.3 Å². The predicted molar refractivity (Wildman–Crippen MR) is 83.1 cm³/mol. The monoisotopic (exact) mass is 307 g/mol. The van der Waals surface area contributed by atoms with Gasteiger partial charge in [0.15, 0.2) is 0 Å². The minimum absolute atomic E-state index is 0.289. The van der Waals surface area contributed by atoms with Crippen LogP contribution in [0.1, 0.15) is 22.8 Å². The van der Waals surface area contributed by atoms with Gasteiger partial charge in [-0.25, -0.2) is 10.1 Å². The molecule has 0 saturated carbocycles. The van der Waals surface area contributed by atoms with Crippen LogP contribution in [0, 0.1) is 0 Å². The van der Waals surface area contributed by atoms with Gasteiger partial charge in [0, 0.05) is 18.0 Å². The van der Waals surface area contributed by atoms with Gasteiger partial charge in [0.05, 0.1) is 11.4 Å². The molecule has 114 valence electrons. The highest BCUT2D eigenvalue weighted by atomic mass is 16.2. The number of hydrogen-bond donors (Lipinski definition) is 1. The van der Waals surface area contributed by atoms with Crippen molar-refractivity contribution >= 4 is 11.6 Å². The van der Waals surface area contributed by atoms with Crippen LogP contribution >= 0.6 is 0 Å². The fraction of sp³-hybridized carbons (Fsp3) is 0.0667. The summed E-state index contributed by atoms with van der Waals surface area (Å²) in [6.45, 7) is 1.81. The van der Waals surface area contributed by atoms with E-state index in [1.54, 1.807) is 29.2 Å². The molecule has 3 aromatic rings. The number of carbonyl (C=O) groups excluding carboxylic acids is 1. The number of hydrazone groups is 1. The molecule has 0 spiro atoms. The highest BCUT2D eigenvalue weighted by molar-refractivity contribution is 6.01. The molecule has 0 aliphatic carbocycles. The molecule has 8 nitrogen and oxygen atoms in total. The van der Waals surface area contributed by atoms with Gasteiger partial charge in [-0.3, -0.25) is 9.78 Å². The standard InChI is InChI=1S/C15H13N7O/c1-11(18-19-15(23)12-5-7-16-8-6-12)13-3-2-4-14(9-13)22-10-17-20-21-22/h2-10H,1H3,(H,19,23). The van der Waals surface area contributed by atoms with E-state index in [4.69, 9.17) is 0 Å². The van der Waals surface area contributed by atoms with Gasteiger partial charge >= 0.3 is 0 Å². The largest absolute Gasteiger partial charge is 0.271 e. The molecule has 0 saturated heterocycles. The Kier molecular flexibility index (Phi) is 4.14.